The van der Waals surface area contributed by atoms with Crippen LogP contribution in [0, 0.1) is 0 Å². The van der Waals surface area contributed by atoms with E-state index in [2.05, 4.69) is 36.6 Å². The van der Waals surface area contributed by atoms with Crippen LogP contribution >= 0.6 is 0 Å². The molecule has 1 amide bonds. The number of benzene rings is 1. The fourth-order valence-electron chi connectivity index (χ4n) is 4.81. The van der Waals surface area contributed by atoms with E-state index in [1.807, 2.05) is 35.1 Å². The number of nitrogens with zero attached hydrogens (tertiary/aromatic N) is 7. The predicted octanol–water partition coefficient (Wildman–Crippen LogP) is 2.49. The van der Waals surface area contributed by atoms with Gasteiger partial charge in [0.2, 0.25) is 5.91 Å². The number of carbonyl (C=O) groups is 1. The Hall–Kier alpha value is -4.05. The number of piperazine rings is 1. The lowest BCUT2D eigenvalue weighted by Gasteiger charge is -2.28. The molecule has 2 saturated heterocycles. The SMILES string of the molecule is CC(=O)N(C)c1ccc2c(Nc3cnccn3)nn(-c3ccnc(N4C[C@@H]5C[C@H]4CN5)c3)c2c1. The van der Waals surface area contributed by atoms with Crippen molar-refractivity contribution in [3.05, 3.63) is 55.1 Å². The molecule has 0 spiro atoms. The fourth-order valence-corrected chi connectivity index (χ4v) is 4.81. The molecule has 1 aromatic carbocycles. The maximum atomic E-state index is 12.0. The van der Waals surface area contributed by atoms with E-state index in [1.165, 1.54) is 0 Å². The highest BCUT2D eigenvalue weighted by molar-refractivity contribution is 5.98. The third-order valence-electron chi connectivity index (χ3n) is 6.66. The highest BCUT2D eigenvalue weighted by Gasteiger charge is 2.38. The minimum Gasteiger partial charge on any atom is -0.351 e. The van der Waals surface area contributed by atoms with E-state index in [0.29, 0.717) is 23.7 Å². The molecule has 2 atom stereocenters. The van der Waals surface area contributed by atoms with E-state index in [-0.39, 0.29) is 5.91 Å². The molecule has 0 unspecified atom stereocenters. The summed E-state index contributed by atoms with van der Waals surface area (Å²) in [4.78, 5) is 29.1. The van der Waals surface area contributed by atoms with E-state index in [4.69, 9.17) is 5.10 Å². The Morgan fingerprint density at radius 3 is 2.82 bits per heavy atom. The van der Waals surface area contributed by atoms with Gasteiger partial charge in [-0.25, -0.2) is 14.6 Å². The second-order valence-electron chi connectivity index (χ2n) is 8.77. The van der Waals surface area contributed by atoms with Crippen LogP contribution in [0.3, 0.4) is 0 Å². The molecule has 2 aliphatic heterocycles. The van der Waals surface area contributed by atoms with Crippen molar-refractivity contribution in [1.82, 2.24) is 30.0 Å². The van der Waals surface area contributed by atoms with Gasteiger partial charge in [-0.2, -0.15) is 0 Å². The maximum Gasteiger partial charge on any atom is 0.223 e. The quantitative estimate of drug-likeness (QED) is 0.473. The van der Waals surface area contributed by atoms with Gasteiger partial charge in [-0.15, -0.1) is 5.10 Å². The number of pyridine rings is 1. The molecule has 6 rings (SSSR count). The van der Waals surface area contributed by atoms with Gasteiger partial charge in [0.1, 0.15) is 11.6 Å². The molecule has 0 saturated carbocycles. The van der Waals surface area contributed by atoms with Crippen LogP contribution in [0.5, 0.6) is 0 Å². The number of anilines is 4. The number of aromatic nitrogens is 5. The molecule has 172 valence electrons. The minimum absolute atomic E-state index is 0.0350. The molecule has 3 aromatic heterocycles. The van der Waals surface area contributed by atoms with Gasteiger partial charge in [0.25, 0.3) is 0 Å². The monoisotopic (exact) mass is 455 g/mol. The van der Waals surface area contributed by atoms with Gasteiger partial charge in [0.15, 0.2) is 5.82 Å². The Balaban J connectivity index is 1.46. The summed E-state index contributed by atoms with van der Waals surface area (Å²) in [5, 5.41) is 12.6. The van der Waals surface area contributed by atoms with Gasteiger partial charge in [-0.3, -0.25) is 9.78 Å². The molecule has 2 N–H and O–H groups in total. The van der Waals surface area contributed by atoms with E-state index in [9.17, 15) is 4.79 Å². The lowest BCUT2D eigenvalue weighted by atomic mass is 10.2. The van der Waals surface area contributed by atoms with Crippen molar-refractivity contribution in [1.29, 1.82) is 0 Å². The van der Waals surface area contributed by atoms with Gasteiger partial charge < -0.3 is 20.4 Å². The van der Waals surface area contributed by atoms with Crippen LogP contribution in [0.1, 0.15) is 13.3 Å². The molecule has 5 heterocycles. The molecule has 2 fully saturated rings. The molecule has 10 nitrogen and oxygen atoms in total. The summed E-state index contributed by atoms with van der Waals surface area (Å²) in [5.74, 6) is 2.19. The zero-order valence-electron chi connectivity index (χ0n) is 19.0. The first kappa shape index (κ1) is 20.5. The van der Waals surface area contributed by atoms with Gasteiger partial charge in [0.05, 0.1) is 17.4 Å². The number of hydrogen-bond donors (Lipinski definition) is 2. The molecule has 0 radical (unpaired) electrons. The van der Waals surface area contributed by atoms with Crippen LogP contribution in [-0.2, 0) is 4.79 Å². The molecule has 4 aromatic rings. The van der Waals surface area contributed by atoms with E-state index >= 15 is 0 Å². The largest absolute Gasteiger partial charge is 0.351 e. The fraction of sp³-hybridized carbons (Fsp3) is 0.292. The molecule has 0 aliphatic carbocycles. The van der Waals surface area contributed by atoms with Crippen molar-refractivity contribution in [2.45, 2.75) is 25.4 Å². The second kappa shape index (κ2) is 8.07. The van der Waals surface area contributed by atoms with Crippen LogP contribution in [0.25, 0.3) is 16.6 Å². The zero-order chi connectivity index (χ0) is 23.2. The van der Waals surface area contributed by atoms with Gasteiger partial charge in [-0.05, 0) is 30.7 Å². The summed E-state index contributed by atoms with van der Waals surface area (Å²) < 4.78 is 1.89. The molecular weight excluding hydrogens is 430 g/mol. The Morgan fingerprint density at radius 2 is 2.09 bits per heavy atom. The maximum absolute atomic E-state index is 12.0. The lowest BCUT2D eigenvalue weighted by molar-refractivity contribution is -0.116. The first-order valence-electron chi connectivity index (χ1n) is 11.3. The molecule has 2 bridgehead atoms. The number of rotatable bonds is 5. The average Bonchev–Trinajstić information content (AvgIpc) is 3.59. The smallest absolute Gasteiger partial charge is 0.223 e. The molecule has 10 heteroatoms. The van der Waals surface area contributed by atoms with Crippen molar-refractivity contribution in [3.8, 4) is 5.69 Å². The Kier molecular flexibility index (Phi) is 4.88. The number of carbonyl (C=O) groups excluding carboxylic acids is 1. The van der Waals surface area contributed by atoms with Crippen molar-refractivity contribution < 1.29 is 4.79 Å². The van der Waals surface area contributed by atoms with Gasteiger partial charge in [0, 0.05) is 74.9 Å². The van der Waals surface area contributed by atoms with E-state index in [0.717, 1.165) is 47.6 Å². The van der Waals surface area contributed by atoms with Crippen LogP contribution in [0.2, 0.25) is 0 Å². The molecule has 34 heavy (non-hydrogen) atoms. The lowest BCUT2D eigenvalue weighted by Crippen LogP contribution is -2.44. The van der Waals surface area contributed by atoms with Crippen LogP contribution < -0.4 is 20.4 Å². The predicted molar refractivity (Wildman–Crippen MR) is 131 cm³/mol. The van der Waals surface area contributed by atoms with Crippen LogP contribution in [0.15, 0.2) is 55.1 Å². The Labute approximate surface area is 196 Å². The Bertz CT molecular complexity index is 1370. The molecule has 2 aliphatic rings. The standard InChI is InChI=1S/C24H25N9O/c1-15(34)31(2)17-3-4-20-21(10-17)33(30-24(20)29-22-13-25-7-8-26-22)18-5-6-27-23(11-18)32-14-16-9-19(32)12-28-16/h3-8,10-11,13,16,19,28H,9,12,14H2,1-2H3,(H,26,29,30)/t16-,19-/m0/s1. The topological polar surface area (TPSA) is 104 Å². The normalized spacial score (nSPS) is 19.1. The third-order valence-corrected chi connectivity index (χ3v) is 6.66. The second-order valence-corrected chi connectivity index (χ2v) is 8.77. The summed E-state index contributed by atoms with van der Waals surface area (Å²) in [6, 6.07) is 10.9. The van der Waals surface area contributed by atoms with Crippen LogP contribution in [-0.4, -0.2) is 62.9 Å². The highest BCUT2D eigenvalue weighted by atomic mass is 16.2. The summed E-state index contributed by atoms with van der Waals surface area (Å²) in [5.41, 5.74) is 2.57. The van der Waals surface area contributed by atoms with Crippen LogP contribution in [0.4, 0.5) is 23.1 Å². The highest BCUT2D eigenvalue weighted by Crippen LogP contribution is 2.33. The summed E-state index contributed by atoms with van der Waals surface area (Å²) >= 11 is 0. The van der Waals surface area contributed by atoms with Crippen molar-refractivity contribution >= 4 is 40.0 Å². The number of hydrogen-bond acceptors (Lipinski definition) is 8. The number of fused-ring (bicyclic) bond motifs is 3. The van der Waals surface area contributed by atoms with E-state index < -0.39 is 0 Å². The van der Waals surface area contributed by atoms with Crippen molar-refractivity contribution in [3.63, 3.8) is 0 Å². The first-order chi connectivity index (χ1) is 16.6. The molecular formula is C24H25N9O. The van der Waals surface area contributed by atoms with E-state index in [1.54, 1.807) is 37.5 Å². The number of nitrogens with one attached hydrogen (secondary N) is 2. The average molecular weight is 456 g/mol. The number of amides is 1. The first-order valence-corrected chi connectivity index (χ1v) is 11.3. The third kappa shape index (κ3) is 3.52. The Morgan fingerprint density at radius 1 is 1.18 bits per heavy atom. The van der Waals surface area contributed by atoms with Crippen molar-refractivity contribution in [2.75, 3.05) is 35.3 Å². The van der Waals surface area contributed by atoms with Crippen molar-refractivity contribution in [2.24, 2.45) is 0 Å². The minimum atomic E-state index is -0.0350. The summed E-state index contributed by atoms with van der Waals surface area (Å²) in [6.45, 7) is 3.51. The zero-order valence-corrected chi connectivity index (χ0v) is 19.0. The van der Waals surface area contributed by atoms with Gasteiger partial charge in [-0.1, -0.05) is 0 Å². The van der Waals surface area contributed by atoms with Gasteiger partial charge >= 0.3 is 0 Å². The summed E-state index contributed by atoms with van der Waals surface area (Å²) in [6.07, 6.45) is 7.91. The summed E-state index contributed by atoms with van der Waals surface area (Å²) in [7, 11) is 1.77.